The summed E-state index contributed by atoms with van der Waals surface area (Å²) in [5.41, 5.74) is -0.0458. The second kappa shape index (κ2) is 5.58. The number of rotatable bonds is 5. The van der Waals surface area contributed by atoms with Crippen molar-refractivity contribution in [3.63, 3.8) is 0 Å². The number of aromatic nitrogens is 2. The van der Waals surface area contributed by atoms with E-state index in [4.69, 9.17) is 0 Å². The lowest BCUT2D eigenvalue weighted by Gasteiger charge is -2.21. The largest absolute Gasteiger partial charge is 0.345 e. The van der Waals surface area contributed by atoms with Crippen molar-refractivity contribution in [1.82, 2.24) is 14.5 Å². The Bertz CT molecular complexity index is 626. The van der Waals surface area contributed by atoms with Crippen molar-refractivity contribution in [3.8, 4) is 0 Å². The lowest BCUT2D eigenvalue weighted by Crippen LogP contribution is -2.35. The zero-order valence-corrected chi connectivity index (χ0v) is 11.8. The van der Waals surface area contributed by atoms with Crippen molar-refractivity contribution in [1.29, 1.82) is 0 Å². The fourth-order valence-corrected chi connectivity index (χ4v) is 2.69. The third kappa shape index (κ3) is 3.14. The van der Waals surface area contributed by atoms with Gasteiger partial charge in [-0.25, -0.2) is 4.98 Å². The zero-order chi connectivity index (χ0) is 13.9. The molecule has 0 spiro atoms. The topological polar surface area (TPSA) is 55.2 Å². The smallest absolute Gasteiger partial charge is 0.243 e. The highest BCUT2D eigenvalue weighted by atomic mass is 32.1. The van der Waals surface area contributed by atoms with Gasteiger partial charge in [0.05, 0.1) is 6.54 Å². The van der Waals surface area contributed by atoms with Gasteiger partial charge in [-0.15, -0.1) is 11.3 Å². The fraction of sp³-hybridized carbons (Fsp3) is 0.357. The summed E-state index contributed by atoms with van der Waals surface area (Å²) in [4.78, 5) is 29.6. The fourth-order valence-electron chi connectivity index (χ4n) is 2.08. The highest BCUT2D eigenvalue weighted by Crippen LogP contribution is 2.29. The Morgan fingerprint density at radius 3 is 2.75 bits per heavy atom. The Kier molecular flexibility index (Phi) is 3.64. The SMILES string of the molecule is O=C(Cn1ccc(=O)cc1)N(Cc1nccs1)C1CC1. The van der Waals surface area contributed by atoms with Crippen LogP contribution in [-0.4, -0.2) is 26.4 Å². The number of amides is 1. The minimum atomic E-state index is -0.0458. The second-order valence-corrected chi connectivity index (χ2v) is 5.86. The second-order valence-electron chi connectivity index (χ2n) is 4.88. The zero-order valence-electron chi connectivity index (χ0n) is 10.9. The molecule has 0 saturated heterocycles. The molecule has 2 heterocycles. The molecule has 0 N–H and O–H groups in total. The third-order valence-electron chi connectivity index (χ3n) is 3.28. The number of hydrogen-bond acceptors (Lipinski definition) is 4. The molecule has 1 saturated carbocycles. The maximum Gasteiger partial charge on any atom is 0.243 e. The molecule has 2 aromatic rings. The summed E-state index contributed by atoms with van der Waals surface area (Å²) in [6.45, 7) is 0.851. The molecule has 0 radical (unpaired) electrons. The van der Waals surface area contributed by atoms with E-state index in [-0.39, 0.29) is 17.9 Å². The Morgan fingerprint density at radius 2 is 2.15 bits per heavy atom. The van der Waals surface area contributed by atoms with Crippen LogP contribution < -0.4 is 5.43 Å². The Labute approximate surface area is 120 Å². The first-order valence-electron chi connectivity index (χ1n) is 6.56. The molecule has 3 rings (SSSR count). The molecule has 0 aliphatic heterocycles. The first kappa shape index (κ1) is 13.1. The van der Waals surface area contributed by atoms with Crippen LogP contribution >= 0.6 is 11.3 Å². The Balaban J connectivity index is 1.69. The summed E-state index contributed by atoms with van der Waals surface area (Å²) in [6, 6.07) is 3.29. The molecule has 1 fully saturated rings. The van der Waals surface area contributed by atoms with E-state index in [1.807, 2.05) is 10.3 Å². The van der Waals surface area contributed by atoms with Gasteiger partial charge in [0.15, 0.2) is 5.43 Å². The molecule has 2 aromatic heterocycles. The number of carbonyl (C=O) groups is 1. The molecule has 0 unspecified atom stereocenters. The van der Waals surface area contributed by atoms with Crippen molar-refractivity contribution in [2.75, 3.05) is 0 Å². The minimum Gasteiger partial charge on any atom is -0.345 e. The van der Waals surface area contributed by atoms with Gasteiger partial charge in [-0.2, -0.15) is 0 Å². The molecule has 0 atom stereocenters. The van der Waals surface area contributed by atoms with Crippen molar-refractivity contribution in [3.05, 3.63) is 51.3 Å². The molecule has 1 aliphatic carbocycles. The van der Waals surface area contributed by atoms with Crippen LogP contribution in [0.3, 0.4) is 0 Å². The van der Waals surface area contributed by atoms with E-state index >= 15 is 0 Å². The predicted octanol–water partition coefficient (Wildman–Crippen LogP) is 1.50. The molecular weight excluding hydrogens is 274 g/mol. The molecule has 0 bridgehead atoms. The molecule has 1 aliphatic rings. The average Bonchev–Trinajstić information content (AvgIpc) is 3.15. The van der Waals surface area contributed by atoms with Crippen LogP contribution in [0.1, 0.15) is 17.8 Å². The van der Waals surface area contributed by atoms with Crippen LogP contribution in [0.15, 0.2) is 40.9 Å². The van der Waals surface area contributed by atoms with Gasteiger partial charge in [-0.05, 0) is 12.8 Å². The van der Waals surface area contributed by atoms with E-state index in [0.29, 0.717) is 12.6 Å². The van der Waals surface area contributed by atoms with Gasteiger partial charge < -0.3 is 9.47 Å². The van der Waals surface area contributed by atoms with Gasteiger partial charge in [0.2, 0.25) is 5.91 Å². The number of nitrogens with zero attached hydrogens (tertiary/aromatic N) is 3. The maximum absolute atomic E-state index is 12.4. The molecule has 104 valence electrons. The maximum atomic E-state index is 12.4. The van der Waals surface area contributed by atoms with E-state index in [1.54, 1.807) is 34.5 Å². The normalized spacial score (nSPS) is 14.2. The van der Waals surface area contributed by atoms with Gasteiger partial charge in [0, 0.05) is 42.1 Å². The summed E-state index contributed by atoms with van der Waals surface area (Å²) < 4.78 is 1.74. The van der Waals surface area contributed by atoms with Crippen LogP contribution in [-0.2, 0) is 17.9 Å². The Hall–Kier alpha value is -1.95. The van der Waals surface area contributed by atoms with E-state index in [2.05, 4.69) is 4.98 Å². The van der Waals surface area contributed by atoms with Gasteiger partial charge in [-0.3, -0.25) is 9.59 Å². The van der Waals surface area contributed by atoms with Crippen LogP contribution in [0.4, 0.5) is 0 Å². The Morgan fingerprint density at radius 1 is 1.40 bits per heavy atom. The highest BCUT2D eigenvalue weighted by molar-refractivity contribution is 7.09. The highest BCUT2D eigenvalue weighted by Gasteiger charge is 2.32. The van der Waals surface area contributed by atoms with E-state index in [9.17, 15) is 9.59 Å². The average molecular weight is 289 g/mol. The minimum absolute atomic E-state index is 0.0458. The van der Waals surface area contributed by atoms with Crippen molar-refractivity contribution < 1.29 is 4.79 Å². The molecular formula is C14H15N3O2S. The predicted molar refractivity (Wildman–Crippen MR) is 76.4 cm³/mol. The summed E-state index contributed by atoms with van der Waals surface area (Å²) in [6.07, 6.45) is 7.20. The number of thiazole rings is 1. The number of carbonyl (C=O) groups excluding carboxylic acids is 1. The molecule has 5 nitrogen and oxygen atoms in total. The summed E-state index contributed by atoms with van der Waals surface area (Å²) >= 11 is 1.57. The monoisotopic (exact) mass is 289 g/mol. The molecule has 0 aromatic carbocycles. The lowest BCUT2D eigenvalue weighted by atomic mass is 10.4. The van der Waals surface area contributed by atoms with Gasteiger partial charge in [-0.1, -0.05) is 0 Å². The summed E-state index contributed by atoms with van der Waals surface area (Å²) in [7, 11) is 0. The third-order valence-corrected chi connectivity index (χ3v) is 4.04. The van der Waals surface area contributed by atoms with Crippen LogP contribution in [0.5, 0.6) is 0 Å². The first-order valence-corrected chi connectivity index (χ1v) is 7.44. The standard InChI is InChI=1S/C14H15N3O2S/c18-12-3-6-16(7-4-12)10-14(19)17(11-1-2-11)9-13-15-5-8-20-13/h3-8,11H,1-2,9-10H2. The van der Waals surface area contributed by atoms with Crippen molar-refractivity contribution in [2.24, 2.45) is 0 Å². The first-order chi connectivity index (χ1) is 9.72. The van der Waals surface area contributed by atoms with E-state index < -0.39 is 0 Å². The molecule has 6 heteroatoms. The number of hydrogen-bond donors (Lipinski definition) is 0. The van der Waals surface area contributed by atoms with E-state index in [0.717, 1.165) is 17.8 Å². The van der Waals surface area contributed by atoms with Gasteiger partial charge in [0.1, 0.15) is 11.6 Å². The van der Waals surface area contributed by atoms with Crippen molar-refractivity contribution in [2.45, 2.75) is 32.0 Å². The molecule has 1 amide bonds. The lowest BCUT2D eigenvalue weighted by molar-refractivity contribution is -0.133. The summed E-state index contributed by atoms with van der Waals surface area (Å²) in [5.74, 6) is 0.0753. The number of pyridine rings is 1. The molecule has 20 heavy (non-hydrogen) atoms. The summed E-state index contributed by atoms with van der Waals surface area (Å²) in [5, 5.41) is 2.89. The van der Waals surface area contributed by atoms with Crippen LogP contribution in [0.25, 0.3) is 0 Å². The van der Waals surface area contributed by atoms with Crippen molar-refractivity contribution >= 4 is 17.2 Å². The van der Waals surface area contributed by atoms with Gasteiger partial charge in [0.25, 0.3) is 0 Å². The van der Waals surface area contributed by atoms with Crippen LogP contribution in [0.2, 0.25) is 0 Å². The quantitative estimate of drug-likeness (QED) is 0.838. The van der Waals surface area contributed by atoms with Gasteiger partial charge >= 0.3 is 0 Å². The van der Waals surface area contributed by atoms with E-state index in [1.165, 1.54) is 12.1 Å². The van der Waals surface area contributed by atoms with Crippen LogP contribution in [0, 0.1) is 0 Å².